The molecule has 1 saturated heterocycles. The minimum absolute atomic E-state index is 0. The Labute approximate surface area is 171 Å². The van der Waals surface area contributed by atoms with Gasteiger partial charge < -0.3 is 20.3 Å². The third-order valence-electron chi connectivity index (χ3n) is 4.88. The van der Waals surface area contributed by atoms with Gasteiger partial charge in [0.15, 0.2) is 5.96 Å². The molecule has 0 saturated carbocycles. The van der Waals surface area contributed by atoms with Gasteiger partial charge in [-0.25, -0.2) is 8.78 Å². The number of guanidine groups is 1. The van der Waals surface area contributed by atoms with E-state index < -0.39 is 5.82 Å². The molecule has 1 aliphatic heterocycles. The summed E-state index contributed by atoms with van der Waals surface area (Å²) in [4.78, 5) is 6.44. The summed E-state index contributed by atoms with van der Waals surface area (Å²) < 4.78 is 32.3. The Bertz CT molecular complexity index is 593. The van der Waals surface area contributed by atoms with Gasteiger partial charge in [0.05, 0.1) is 0 Å². The van der Waals surface area contributed by atoms with E-state index in [1.807, 2.05) is 0 Å². The molecule has 2 N–H and O–H groups in total. The summed E-state index contributed by atoms with van der Waals surface area (Å²) in [6.07, 6.45) is 2.30. The zero-order chi connectivity index (χ0) is 18.3. The second-order valence-electron chi connectivity index (χ2n) is 6.57. The predicted octanol–water partition coefficient (Wildman–Crippen LogP) is 2.40. The first kappa shape index (κ1) is 23.0. The summed E-state index contributed by atoms with van der Waals surface area (Å²) in [5, 5.41) is 6.51. The molecule has 0 aliphatic carbocycles. The van der Waals surface area contributed by atoms with E-state index in [-0.39, 0.29) is 35.3 Å². The van der Waals surface area contributed by atoms with Crippen molar-refractivity contribution >= 4 is 29.9 Å². The predicted molar refractivity (Wildman–Crippen MR) is 111 cm³/mol. The van der Waals surface area contributed by atoms with E-state index in [1.54, 1.807) is 7.05 Å². The molecule has 5 nitrogen and oxygen atoms in total. The van der Waals surface area contributed by atoms with E-state index in [0.29, 0.717) is 24.5 Å². The van der Waals surface area contributed by atoms with Crippen molar-refractivity contribution in [3.8, 4) is 0 Å². The fraction of sp³-hybridized carbons (Fsp3) is 0.611. The quantitative estimate of drug-likeness (QED) is 0.372. The highest BCUT2D eigenvalue weighted by atomic mass is 127. The van der Waals surface area contributed by atoms with E-state index in [2.05, 4.69) is 34.6 Å². The summed E-state index contributed by atoms with van der Waals surface area (Å²) in [6, 6.07) is 3.52. The SMILES string of the molecule is CN=C(NCCc1cc(F)ccc1F)NCC1(N(C)C)CCOCC1.I. The monoisotopic (exact) mass is 482 g/mol. The normalized spacial score (nSPS) is 16.9. The van der Waals surface area contributed by atoms with Crippen LogP contribution in [0.25, 0.3) is 0 Å². The largest absolute Gasteiger partial charge is 0.381 e. The van der Waals surface area contributed by atoms with Gasteiger partial charge in [-0.1, -0.05) is 0 Å². The van der Waals surface area contributed by atoms with Crippen molar-refractivity contribution in [3.05, 3.63) is 35.4 Å². The molecule has 1 fully saturated rings. The fourth-order valence-corrected chi connectivity index (χ4v) is 3.05. The molecule has 0 aromatic heterocycles. The van der Waals surface area contributed by atoms with Gasteiger partial charge in [0, 0.05) is 38.9 Å². The van der Waals surface area contributed by atoms with Crippen LogP contribution in [0.15, 0.2) is 23.2 Å². The molecule has 0 amide bonds. The Morgan fingerprint density at radius 2 is 1.92 bits per heavy atom. The highest BCUT2D eigenvalue weighted by molar-refractivity contribution is 14.0. The van der Waals surface area contributed by atoms with Gasteiger partial charge in [0.2, 0.25) is 0 Å². The zero-order valence-electron chi connectivity index (χ0n) is 15.6. The summed E-state index contributed by atoms with van der Waals surface area (Å²) >= 11 is 0. The standard InChI is InChI=1S/C18H28F2N4O.HI/c1-21-17(22-9-6-14-12-15(19)4-5-16(14)20)23-13-18(24(2)3)7-10-25-11-8-18;/h4-5,12H,6-11,13H2,1-3H3,(H2,21,22,23);1H. The van der Waals surface area contributed by atoms with Crippen molar-refractivity contribution in [1.29, 1.82) is 0 Å². The molecule has 26 heavy (non-hydrogen) atoms. The highest BCUT2D eigenvalue weighted by Gasteiger charge is 2.34. The molecule has 0 atom stereocenters. The highest BCUT2D eigenvalue weighted by Crippen LogP contribution is 2.24. The average molecular weight is 482 g/mol. The van der Waals surface area contributed by atoms with Crippen LogP contribution < -0.4 is 10.6 Å². The molecule has 0 spiro atoms. The third-order valence-corrected chi connectivity index (χ3v) is 4.88. The van der Waals surface area contributed by atoms with Crippen molar-refractivity contribution in [2.75, 3.05) is 47.4 Å². The van der Waals surface area contributed by atoms with Crippen LogP contribution in [0, 0.1) is 11.6 Å². The first-order valence-corrected chi connectivity index (χ1v) is 8.60. The summed E-state index contributed by atoms with van der Waals surface area (Å²) in [6.45, 7) is 2.73. The van der Waals surface area contributed by atoms with E-state index in [1.165, 1.54) is 6.07 Å². The second kappa shape index (κ2) is 11.0. The third kappa shape index (κ3) is 6.31. The van der Waals surface area contributed by atoms with E-state index in [4.69, 9.17) is 4.74 Å². The summed E-state index contributed by atoms with van der Waals surface area (Å²) in [7, 11) is 5.86. The van der Waals surface area contributed by atoms with Gasteiger partial charge in [-0.05, 0) is 57.1 Å². The van der Waals surface area contributed by atoms with Crippen LogP contribution in [0.1, 0.15) is 18.4 Å². The maximum Gasteiger partial charge on any atom is 0.191 e. The Morgan fingerprint density at radius 1 is 1.23 bits per heavy atom. The lowest BCUT2D eigenvalue weighted by molar-refractivity contribution is -0.00501. The van der Waals surface area contributed by atoms with Crippen molar-refractivity contribution < 1.29 is 13.5 Å². The number of nitrogens with one attached hydrogen (secondary N) is 2. The Kier molecular flexibility index (Phi) is 9.73. The van der Waals surface area contributed by atoms with Crippen LogP contribution >= 0.6 is 24.0 Å². The van der Waals surface area contributed by atoms with Crippen LogP contribution in [0.3, 0.4) is 0 Å². The van der Waals surface area contributed by atoms with E-state index in [0.717, 1.165) is 44.7 Å². The molecule has 1 aliphatic rings. The van der Waals surface area contributed by atoms with Crippen LogP contribution in [-0.2, 0) is 11.2 Å². The van der Waals surface area contributed by atoms with Crippen LogP contribution in [-0.4, -0.2) is 63.8 Å². The number of aliphatic imine (C=N–C) groups is 1. The van der Waals surface area contributed by atoms with Crippen LogP contribution in [0.5, 0.6) is 0 Å². The van der Waals surface area contributed by atoms with Gasteiger partial charge in [0.25, 0.3) is 0 Å². The number of halogens is 3. The van der Waals surface area contributed by atoms with Gasteiger partial charge in [0.1, 0.15) is 11.6 Å². The first-order valence-electron chi connectivity index (χ1n) is 8.60. The van der Waals surface area contributed by atoms with Crippen LogP contribution in [0.2, 0.25) is 0 Å². The van der Waals surface area contributed by atoms with Crippen molar-refractivity contribution in [2.24, 2.45) is 4.99 Å². The maximum atomic E-state index is 13.6. The molecular formula is C18H29F2IN4O. The average Bonchev–Trinajstić information content (AvgIpc) is 2.61. The van der Waals surface area contributed by atoms with Crippen molar-refractivity contribution in [3.63, 3.8) is 0 Å². The molecule has 0 radical (unpaired) electrons. The summed E-state index contributed by atoms with van der Waals surface area (Å²) in [5.41, 5.74) is 0.391. The molecular weight excluding hydrogens is 453 g/mol. The lowest BCUT2D eigenvalue weighted by Gasteiger charge is -2.43. The van der Waals surface area contributed by atoms with Gasteiger partial charge >= 0.3 is 0 Å². The molecule has 148 valence electrons. The number of nitrogens with zero attached hydrogens (tertiary/aromatic N) is 2. The summed E-state index contributed by atoms with van der Waals surface area (Å²) in [5.74, 6) is -0.157. The molecule has 0 unspecified atom stereocenters. The zero-order valence-corrected chi connectivity index (χ0v) is 18.0. The number of hydrogen-bond donors (Lipinski definition) is 2. The Balaban J connectivity index is 0.00000338. The minimum Gasteiger partial charge on any atom is -0.381 e. The number of rotatable bonds is 6. The van der Waals surface area contributed by atoms with Crippen molar-refractivity contribution in [2.45, 2.75) is 24.8 Å². The van der Waals surface area contributed by atoms with Gasteiger partial charge in [-0.2, -0.15) is 0 Å². The Morgan fingerprint density at radius 3 is 2.54 bits per heavy atom. The second-order valence-corrected chi connectivity index (χ2v) is 6.57. The topological polar surface area (TPSA) is 48.9 Å². The fourth-order valence-electron chi connectivity index (χ4n) is 3.05. The minimum atomic E-state index is -0.425. The molecule has 2 rings (SSSR count). The van der Waals surface area contributed by atoms with E-state index >= 15 is 0 Å². The van der Waals surface area contributed by atoms with Crippen LogP contribution in [0.4, 0.5) is 8.78 Å². The lowest BCUT2D eigenvalue weighted by atomic mass is 9.88. The number of ether oxygens (including phenoxy) is 1. The molecule has 1 aromatic carbocycles. The number of benzene rings is 1. The molecule has 8 heteroatoms. The van der Waals surface area contributed by atoms with Crippen molar-refractivity contribution in [1.82, 2.24) is 15.5 Å². The lowest BCUT2D eigenvalue weighted by Crippen LogP contribution is -2.57. The molecule has 1 aromatic rings. The van der Waals surface area contributed by atoms with Gasteiger partial charge in [-0.3, -0.25) is 4.99 Å². The first-order chi connectivity index (χ1) is 12.0. The maximum absolute atomic E-state index is 13.6. The number of likely N-dealkylation sites (N-methyl/N-ethyl adjacent to an activating group) is 1. The smallest absolute Gasteiger partial charge is 0.191 e. The number of hydrogen-bond acceptors (Lipinski definition) is 3. The Hall–Kier alpha value is -1.00. The van der Waals surface area contributed by atoms with Gasteiger partial charge in [-0.15, -0.1) is 24.0 Å². The molecule has 1 heterocycles. The van der Waals surface area contributed by atoms with E-state index in [9.17, 15) is 8.78 Å². The molecule has 0 bridgehead atoms.